The lowest BCUT2D eigenvalue weighted by Crippen LogP contribution is -1.99. The number of hydrogen-bond donors (Lipinski definition) is 0. The number of hydrogen-bond acceptors (Lipinski definition) is 2. The van der Waals surface area contributed by atoms with Gasteiger partial charge in [0.1, 0.15) is 0 Å². The fraction of sp³-hybridized carbons (Fsp3) is 0.0833. The summed E-state index contributed by atoms with van der Waals surface area (Å²) in [5, 5.41) is 0. The van der Waals surface area contributed by atoms with Crippen LogP contribution < -0.4 is 0 Å². The molecular weight excluding hydrogens is 316 g/mol. The van der Waals surface area contributed by atoms with E-state index in [0.717, 1.165) is 35.6 Å². The van der Waals surface area contributed by atoms with Crippen LogP contribution in [0.15, 0.2) is 84.9 Å². The third kappa shape index (κ3) is 2.91. The topological polar surface area (TPSA) is 25.8 Å². The zero-order valence-corrected chi connectivity index (χ0v) is 14.4. The van der Waals surface area contributed by atoms with Crippen molar-refractivity contribution >= 4 is 0 Å². The Bertz CT molecular complexity index is 922. The minimum absolute atomic E-state index is 0.820. The van der Waals surface area contributed by atoms with Crippen LogP contribution in [0.4, 0.5) is 0 Å². The van der Waals surface area contributed by atoms with Crippen LogP contribution in [-0.2, 0) is 12.8 Å². The Morgan fingerprint density at radius 2 is 0.962 bits per heavy atom. The molecule has 0 atom stereocenters. The van der Waals surface area contributed by atoms with Gasteiger partial charge in [0.05, 0.1) is 11.4 Å². The van der Waals surface area contributed by atoms with Crippen LogP contribution in [-0.4, -0.2) is 9.97 Å². The summed E-state index contributed by atoms with van der Waals surface area (Å²) in [6.45, 7) is 0. The monoisotopic (exact) mass is 334 g/mol. The third-order valence-electron chi connectivity index (χ3n) is 4.83. The molecule has 26 heavy (non-hydrogen) atoms. The molecule has 2 heteroatoms. The van der Waals surface area contributed by atoms with E-state index in [1.54, 1.807) is 0 Å². The lowest BCUT2D eigenvalue weighted by molar-refractivity contribution is 1.04. The van der Waals surface area contributed by atoms with Gasteiger partial charge < -0.3 is 0 Å². The Morgan fingerprint density at radius 3 is 1.46 bits per heavy atom. The number of fused-ring (bicyclic) bond motifs is 10. The molecule has 1 aliphatic rings. The molecule has 0 fully saturated rings. The fourth-order valence-corrected chi connectivity index (χ4v) is 3.58. The van der Waals surface area contributed by atoms with E-state index in [2.05, 4.69) is 72.8 Å². The van der Waals surface area contributed by atoms with Crippen LogP contribution >= 0.6 is 0 Å². The predicted octanol–water partition coefficient (Wildman–Crippen LogP) is 5.31. The van der Waals surface area contributed by atoms with Crippen molar-refractivity contribution in [1.29, 1.82) is 0 Å². The molecule has 5 rings (SSSR count). The Morgan fingerprint density at radius 1 is 0.500 bits per heavy atom. The molecular formula is C24H18N2. The molecule has 8 bridgehead atoms. The summed E-state index contributed by atoms with van der Waals surface area (Å²) in [5.41, 5.74) is 9.05. The van der Waals surface area contributed by atoms with E-state index in [0.29, 0.717) is 0 Å². The highest BCUT2D eigenvalue weighted by atomic mass is 14.8. The molecule has 0 unspecified atom stereocenters. The number of aromatic nitrogens is 2. The molecule has 2 aromatic carbocycles. The van der Waals surface area contributed by atoms with Gasteiger partial charge in [0.2, 0.25) is 0 Å². The molecule has 0 saturated carbocycles. The Hall–Kier alpha value is -3.26. The molecule has 3 heterocycles. The van der Waals surface area contributed by atoms with Crippen LogP contribution in [0.1, 0.15) is 22.5 Å². The normalized spacial score (nSPS) is 12.3. The van der Waals surface area contributed by atoms with E-state index in [9.17, 15) is 0 Å². The van der Waals surface area contributed by atoms with Crippen molar-refractivity contribution in [1.82, 2.24) is 9.97 Å². The van der Waals surface area contributed by atoms with Gasteiger partial charge in [-0.1, -0.05) is 60.7 Å². The molecule has 0 amide bonds. The minimum atomic E-state index is 0.820. The second-order valence-electron chi connectivity index (χ2n) is 6.78. The number of pyridine rings is 2. The van der Waals surface area contributed by atoms with E-state index >= 15 is 0 Å². The Labute approximate surface area is 153 Å². The largest absolute Gasteiger partial charge is 0.251 e. The van der Waals surface area contributed by atoms with Gasteiger partial charge in [-0.3, -0.25) is 9.97 Å². The average Bonchev–Trinajstić information content (AvgIpc) is 2.68. The predicted molar refractivity (Wildman–Crippen MR) is 105 cm³/mol. The van der Waals surface area contributed by atoms with Crippen molar-refractivity contribution < 1.29 is 0 Å². The molecule has 4 aromatic rings. The number of benzene rings is 2. The first kappa shape index (κ1) is 15.0. The summed E-state index contributed by atoms with van der Waals surface area (Å²) >= 11 is 0. The summed E-state index contributed by atoms with van der Waals surface area (Å²) in [7, 11) is 0. The average molecular weight is 334 g/mol. The number of rotatable bonds is 0. The summed E-state index contributed by atoms with van der Waals surface area (Å²) in [6, 6.07) is 29.9. The van der Waals surface area contributed by atoms with Crippen LogP contribution in [0.2, 0.25) is 0 Å². The SMILES string of the molecule is c1cc2cc(c1)-c1cccc(c1)Cc1cccc(n1)-c1cccc(n1)C2. The lowest BCUT2D eigenvalue weighted by Gasteiger charge is -2.11. The van der Waals surface area contributed by atoms with E-state index < -0.39 is 0 Å². The molecule has 0 aliphatic carbocycles. The van der Waals surface area contributed by atoms with E-state index in [-0.39, 0.29) is 0 Å². The van der Waals surface area contributed by atoms with E-state index in [4.69, 9.17) is 9.97 Å². The van der Waals surface area contributed by atoms with Gasteiger partial charge in [-0.2, -0.15) is 0 Å². The maximum absolute atomic E-state index is 4.85. The Balaban J connectivity index is 1.73. The first-order chi connectivity index (χ1) is 12.8. The molecule has 2 nitrogen and oxygen atoms in total. The highest BCUT2D eigenvalue weighted by molar-refractivity contribution is 5.65. The van der Waals surface area contributed by atoms with Crippen LogP contribution in [0.25, 0.3) is 22.5 Å². The maximum Gasteiger partial charge on any atom is 0.0889 e. The third-order valence-corrected chi connectivity index (χ3v) is 4.83. The molecule has 1 aliphatic heterocycles. The fourth-order valence-electron chi connectivity index (χ4n) is 3.58. The summed E-state index contributed by atoms with van der Waals surface area (Å²) in [5.74, 6) is 0. The van der Waals surface area contributed by atoms with Crippen LogP contribution in [0, 0.1) is 0 Å². The van der Waals surface area contributed by atoms with Gasteiger partial charge in [0, 0.05) is 24.2 Å². The molecule has 0 radical (unpaired) electrons. The van der Waals surface area contributed by atoms with Gasteiger partial charge in [-0.15, -0.1) is 0 Å². The molecule has 0 saturated heterocycles. The molecule has 2 aromatic heterocycles. The van der Waals surface area contributed by atoms with Gasteiger partial charge in [-0.25, -0.2) is 0 Å². The first-order valence-electron chi connectivity index (χ1n) is 8.94. The Kier molecular flexibility index (Phi) is 3.60. The second-order valence-corrected chi connectivity index (χ2v) is 6.78. The standard InChI is InChI=1S/C24H18N2/c1-5-17-13-19(7-1)20-8-2-6-18(14-20)16-22-10-4-12-24(26-22)23-11-3-9-21(15-17)25-23/h1-14H,15-16H2. The second kappa shape index (κ2) is 6.23. The van der Waals surface area contributed by atoms with Crippen molar-refractivity contribution in [3.8, 4) is 22.5 Å². The summed E-state index contributed by atoms with van der Waals surface area (Å²) in [4.78, 5) is 9.71. The quantitative estimate of drug-likeness (QED) is 0.384. The lowest BCUT2D eigenvalue weighted by atomic mass is 9.97. The zero-order chi connectivity index (χ0) is 17.3. The van der Waals surface area contributed by atoms with Crippen molar-refractivity contribution in [2.24, 2.45) is 0 Å². The molecule has 0 spiro atoms. The zero-order valence-electron chi connectivity index (χ0n) is 14.4. The van der Waals surface area contributed by atoms with Crippen LogP contribution in [0.3, 0.4) is 0 Å². The molecule has 124 valence electrons. The van der Waals surface area contributed by atoms with E-state index in [1.807, 2.05) is 12.1 Å². The van der Waals surface area contributed by atoms with Gasteiger partial charge in [0.15, 0.2) is 0 Å². The first-order valence-corrected chi connectivity index (χ1v) is 8.94. The van der Waals surface area contributed by atoms with Crippen molar-refractivity contribution in [2.75, 3.05) is 0 Å². The summed E-state index contributed by atoms with van der Waals surface area (Å²) < 4.78 is 0. The van der Waals surface area contributed by atoms with Gasteiger partial charge in [0.25, 0.3) is 0 Å². The van der Waals surface area contributed by atoms with Crippen molar-refractivity contribution in [2.45, 2.75) is 12.8 Å². The molecule has 0 N–H and O–H groups in total. The smallest absolute Gasteiger partial charge is 0.0889 e. The maximum atomic E-state index is 4.85. The minimum Gasteiger partial charge on any atom is -0.251 e. The van der Waals surface area contributed by atoms with E-state index in [1.165, 1.54) is 22.3 Å². The van der Waals surface area contributed by atoms with Gasteiger partial charge in [-0.05, 0) is 46.5 Å². The summed E-state index contributed by atoms with van der Waals surface area (Å²) in [6.07, 6.45) is 1.64. The highest BCUT2D eigenvalue weighted by Gasteiger charge is 2.08. The van der Waals surface area contributed by atoms with Crippen molar-refractivity contribution in [3.63, 3.8) is 0 Å². The highest BCUT2D eigenvalue weighted by Crippen LogP contribution is 2.25. The number of nitrogens with zero attached hydrogens (tertiary/aromatic N) is 2. The van der Waals surface area contributed by atoms with Crippen molar-refractivity contribution in [3.05, 3.63) is 107 Å². The van der Waals surface area contributed by atoms with Crippen LogP contribution in [0.5, 0.6) is 0 Å². The van der Waals surface area contributed by atoms with Gasteiger partial charge >= 0.3 is 0 Å².